The van der Waals surface area contributed by atoms with E-state index in [2.05, 4.69) is 0 Å². The molecule has 0 bridgehead atoms. The van der Waals surface area contributed by atoms with Crippen LogP contribution in [-0.2, 0) is 0 Å². The van der Waals surface area contributed by atoms with Crippen molar-refractivity contribution in [2.45, 2.75) is 39.2 Å². The lowest BCUT2D eigenvalue weighted by molar-refractivity contribution is -0.0473. The lowest BCUT2D eigenvalue weighted by atomic mass is 9.67. The summed E-state index contributed by atoms with van der Waals surface area (Å²) in [6, 6.07) is 0. The van der Waals surface area contributed by atoms with Crippen molar-refractivity contribution in [3.8, 4) is 0 Å². The molecule has 0 aliphatic heterocycles. The fourth-order valence-electron chi connectivity index (χ4n) is 1.90. The number of aliphatic hydroxyl groups is 2. The Kier molecular flexibility index (Phi) is 2.55. The molecule has 0 spiro atoms. The van der Waals surface area contributed by atoms with Crippen LogP contribution in [-0.4, -0.2) is 22.9 Å². The van der Waals surface area contributed by atoms with E-state index in [4.69, 9.17) is 5.11 Å². The first-order valence-corrected chi connectivity index (χ1v) is 4.38. The van der Waals surface area contributed by atoms with E-state index in [9.17, 15) is 5.11 Å². The third-order valence-electron chi connectivity index (χ3n) is 3.16. The van der Waals surface area contributed by atoms with Gasteiger partial charge in [-0.05, 0) is 24.2 Å². The van der Waals surface area contributed by atoms with E-state index >= 15 is 0 Å². The first-order valence-electron chi connectivity index (χ1n) is 4.38. The van der Waals surface area contributed by atoms with Crippen LogP contribution >= 0.6 is 0 Å². The van der Waals surface area contributed by atoms with Crippen LogP contribution in [0.1, 0.15) is 33.1 Å². The number of aliphatic hydroxyl groups excluding tert-OH is 2. The summed E-state index contributed by atoms with van der Waals surface area (Å²) < 4.78 is 0. The lowest BCUT2D eigenvalue weighted by Gasteiger charge is -2.41. The summed E-state index contributed by atoms with van der Waals surface area (Å²) in [5.41, 5.74) is -0.0903. The average molecular weight is 158 g/mol. The first-order chi connectivity index (χ1) is 5.09. The van der Waals surface area contributed by atoms with Gasteiger partial charge in [0.1, 0.15) is 0 Å². The van der Waals surface area contributed by atoms with Gasteiger partial charge in [0.05, 0.1) is 6.10 Å². The van der Waals surface area contributed by atoms with Gasteiger partial charge in [0.2, 0.25) is 0 Å². The molecular weight excluding hydrogens is 140 g/mol. The van der Waals surface area contributed by atoms with Gasteiger partial charge < -0.3 is 10.2 Å². The molecule has 1 aliphatic carbocycles. The third-order valence-corrected chi connectivity index (χ3v) is 3.16. The van der Waals surface area contributed by atoms with E-state index < -0.39 is 0 Å². The van der Waals surface area contributed by atoms with Crippen LogP contribution < -0.4 is 0 Å². The maximum atomic E-state index is 9.63. The quantitative estimate of drug-likeness (QED) is 0.601. The van der Waals surface area contributed by atoms with E-state index in [1.165, 1.54) is 0 Å². The van der Waals surface area contributed by atoms with Crippen molar-refractivity contribution in [2.24, 2.45) is 11.3 Å². The SMILES string of the molecule is CC1(C)C(O)CCCC1CO. The number of hydrogen-bond donors (Lipinski definition) is 2. The maximum Gasteiger partial charge on any atom is 0.0594 e. The topological polar surface area (TPSA) is 40.5 Å². The van der Waals surface area contributed by atoms with E-state index in [1.807, 2.05) is 13.8 Å². The smallest absolute Gasteiger partial charge is 0.0594 e. The highest BCUT2D eigenvalue weighted by atomic mass is 16.3. The van der Waals surface area contributed by atoms with Crippen molar-refractivity contribution in [3.63, 3.8) is 0 Å². The van der Waals surface area contributed by atoms with Gasteiger partial charge in [-0.3, -0.25) is 0 Å². The summed E-state index contributed by atoms with van der Waals surface area (Å²) in [6.07, 6.45) is 2.77. The van der Waals surface area contributed by atoms with Gasteiger partial charge in [0, 0.05) is 6.61 Å². The largest absolute Gasteiger partial charge is 0.396 e. The summed E-state index contributed by atoms with van der Waals surface area (Å²) in [7, 11) is 0. The fourth-order valence-corrected chi connectivity index (χ4v) is 1.90. The van der Waals surface area contributed by atoms with Crippen molar-refractivity contribution >= 4 is 0 Å². The zero-order valence-corrected chi connectivity index (χ0v) is 7.38. The molecule has 2 N–H and O–H groups in total. The summed E-state index contributed by atoms with van der Waals surface area (Å²) in [4.78, 5) is 0. The Hall–Kier alpha value is -0.0800. The third kappa shape index (κ3) is 1.57. The van der Waals surface area contributed by atoms with Gasteiger partial charge >= 0.3 is 0 Å². The van der Waals surface area contributed by atoms with Crippen molar-refractivity contribution in [2.75, 3.05) is 6.61 Å². The van der Waals surface area contributed by atoms with Crippen molar-refractivity contribution < 1.29 is 10.2 Å². The molecule has 1 rings (SSSR count). The Morgan fingerprint density at radius 2 is 2.00 bits per heavy atom. The Balaban J connectivity index is 2.64. The predicted octanol–water partition coefficient (Wildman–Crippen LogP) is 1.17. The predicted molar refractivity (Wildman–Crippen MR) is 44.2 cm³/mol. The fraction of sp³-hybridized carbons (Fsp3) is 1.00. The second-order valence-corrected chi connectivity index (χ2v) is 4.15. The van der Waals surface area contributed by atoms with Crippen LogP contribution in [0, 0.1) is 11.3 Å². The molecule has 0 aromatic carbocycles. The highest BCUT2D eigenvalue weighted by molar-refractivity contribution is 4.88. The van der Waals surface area contributed by atoms with Gasteiger partial charge in [-0.15, -0.1) is 0 Å². The number of hydrogen-bond acceptors (Lipinski definition) is 2. The molecule has 0 aromatic heterocycles. The van der Waals surface area contributed by atoms with Gasteiger partial charge in [-0.1, -0.05) is 20.3 Å². The average Bonchev–Trinajstić information content (AvgIpc) is 1.95. The molecule has 0 amide bonds. The van der Waals surface area contributed by atoms with E-state index in [1.54, 1.807) is 0 Å². The second kappa shape index (κ2) is 3.11. The molecule has 1 fully saturated rings. The van der Waals surface area contributed by atoms with E-state index in [0.717, 1.165) is 19.3 Å². The van der Waals surface area contributed by atoms with Crippen molar-refractivity contribution in [1.29, 1.82) is 0 Å². The Bertz CT molecular complexity index is 132. The van der Waals surface area contributed by atoms with Gasteiger partial charge in [0.25, 0.3) is 0 Å². The minimum atomic E-state index is -0.228. The molecule has 1 aliphatic rings. The van der Waals surface area contributed by atoms with Crippen molar-refractivity contribution in [1.82, 2.24) is 0 Å². The Labute approximate surface area is 68.2 Å². The summed E-state index contributed by atoms with van der Waals surface area (Å²) in [5, 5.41) is 18.7. The molecule has 0 aromatic rings. The molecule has 11 heavy (non-hydrogen) atoms. The van der Waals surface area contributed by atoms with Crippen LogP contribution in [0.3, 0.4) is 0 Å². The molecule has 0 radical (unpaired) electrons. The summed E-state index contributed by atoms with van der Waals surface area (Å²) >= 11 is 0. The molecule has 2 nitrogen and oxygen atoms in total. The maximum absolute atomic E-state index is 9.63. The zero-order chi connectivity index (χ0) is 8.48. The van der Waals surface area contributed by atoms with Crippen LogP contribution in [0.4, 0.5) is 0 Å². The summed E-state index contributed by atoms with van der Waals surface area (Å²) in [5.74, 6) is 0.284. The summed E-state index contributed by atoms with van der Waals surface area (Å²) in [6.45, 7) is 4.29. The second-order valence-electron chi connectivity index (χ2n) is 4.15. The monoisotopic (exact) mass is 158 g/mol. The van der Waals surface area contributed by atoms with Crippen molar-refractivity contribution in [3.05, 3.63) is 0 Å². The molecule has 2 heteroatoms. The van der Waals surface area contributed by atoms with Crippen LogP contribution in [0.25, 0.3) is 0 Å². The van der Waals surface area contributed by atoms with Gasteiger partial charge in [0.15, 0.2) is 0 Å². The van der Waals surface area contributed by atoms with Crippen LogP contribution in [0.15, 0.2) is 0 Å². The van der Waals surface area contributed by atoms with Gasteiger partial charge in [-0.2, -0.15) is 0 Å². The molecule has 2 unspecified atom stereocenters. The van der Waals surface area contributed by atoms with Gasteiger partial charge in [-0.25, -0.2) is 0 Å². The lowest BCUT2D eigenvalue weighted by Crippen LogP contribution is -2.41. The normalized spacial score (nSPS) is 37.1. The Morgan fingerprint density at radius 1 is 1.36 bits per heavy atom. The molecular formula is C9H18O2. The molecule has 1 saturated carbocycles. The molecule has 2 atom stereocenters. The molecule has 0 heterocycles. The van der Waals surface area contributed by atoms with Crippen LogP contribution in [0.2, 0.25) is 0 Å². The minimum absolute atomic E-state index is 0.0903. The zero-order valence-electron chi connectivity index (χ0n) is 7.38. The molecule has 0 saturated heterocycles. The number of rotatable bonds is 1. The van der Waals surface area contributed by atoms with E-state index in [0.29, 0.717) is 0 Å². The first kappa shape index (κ1) is 9.01. The van der Waals surface area contributed by atoms with Crippen LogP contribution in [0.5, 0.6) is 0 Å². The minimum Gasteiger partial charge on any atom is -0.396 e. The standard InChI is InChI=1S/C9H18O2/c1-9(2)7(6-10)4-3-5-8(9)11/h7-8,10-11H,3-6H2,1-2H3. The molecule has 66 valence electrons. The van der Waals surface area contributed by atoms with E-state index in [-0.39, 0.29) is 24.0 Å². The highest BCUT2D eigenvalue weighted by Crippen LogP contribution is 2.40. The Morgan fingerprint density at radius 3 is 2.45 bits per heavy atom. The highest BCUT2D eigenvalue weighted by Gasteiger charge is 2.38.